The zero-order valence-corrected chi connectivity index (χ0v) is 8.47. The van der Waals surface area contributed by atoms with E-state index < -0.39 is 0 Å². The molecule has 0 radical (unpaired) electrons. The van der Waals surface area contributed by atoms with Crippen molar-refractivity contribution in [2.24, 2.45) is 5.73 Å². The third-order valence-electron chi connectivity index (χ3n) is 2.94. The lowest BCUT2D eigenvalue weighted by molar-refractivity contribution is 0.291. The van der Waals surface area contributed by atoms with Crippen LogP contribution in [0.3, 0.4) is 0 Å². The van der Waals surface area contributed by atoms with Crippen molar-refractivity contribution in [2.45, 2.75) is 45.1 Å². The number of hydrogen-bond donors (Lipinski definition) is 1. The van der Waals surface area contributed by atoms with Gasteiger partial charge in [-0.2, -0.15) is 0 Å². The van der Waals surface area contributed by atoms with Crippen LogP contribution >= 0.6 is 0 Å². The Labute approximate surface area is 76.1 Å². The Morgan fingerprint density at radius 1 is 1.25 bits per heavy atom. The number of nitrogens with zero attached hydrogens (tertiary/aromatic N) is 1. The van der Waals surface area contributed by atoms with Gasteiger partial charge in [0.25, 0.3) is 0 Å². The van der Waals surface area contributed by atoms with E-state index in [4.69, 9.17) is 5.73 Å². The summed E-state index contributed by atoms with van der Waals surface area (Å²) in [5.41, 5.74) is 6.25. The summed E-state index contributed by atoms with van der Waals surface area (Å²) in [6, 6.07) is 0. The summed E-state index contributed by atoms with van der Waals surface area (Å²) in [4.78, 5) is 2.46. The second-order valence-corrected chi connectivity index (χ2v) is 3.99. The zero-order chi connectivity index (χ0) is 9.03. The van der Waals surface area contributed by atoms with Gasteiger partial charge in [-0.05, 0) is 45.3 Å². The normalized spacial score (nSPS) is 20.0. The minimum Gasteiger partial charge on any atom is -0.325 e. The van der Waals surface area contributed by atoms with Crippen molar-refractivity contribution in [1.29, 1.82) is 0 Å². The predicted molar refractivity (Wildman–Crippen MR) is 53.2 cm³/mol. The van der Waals surface area contributed by atoms with Gasteiger partial charge in [-0.3, -0.25) is 0 Å². The van der Waals surface area contributed by atoms with Crippen molar-refractivity contribution in [3.05, 3.63) is 0 Å². The fraction of sp³-hybridized carbons (Fsp3) is 1.00. The fourth-order valence-corrected chi connectivity index (χ4v) is 1.61. The average Bonchev–Trinajstić information content (AvgIpc) is 2.78. The van der Waals surface area contributed by atoms with Crippen molar-refractivity contribution in [2.75, 3.05) is 19.6 Å². The van der Waals surface area contributed by atoms with Crippen LogP contribution in [-0.2, 0) is 0 Å². The zero-order valence-electron chi connectivity index (χ0n) is 8.47. The van der Waals surface area contributed by atoms with Gasteiger partial charge in [0.1, 0.15) is 0 Å². The van der Waals surface area contributed by atoms with Gasteiger partial charge in [-0.25, -0.2) is 0 Å². The van der Waals surface area contributed by atoms with Gasteiger partial charge in [0.05, 0.1) is 0 Å². The van der Waals surface area contributed by atoms with Crippen LogP contribution in [0.5, 0.6) is 0 Å². The molecule has 72 valence electrons. The minimum atomic E-state index is 0.257. The quantitative estimate of drug-likeness (QED) is 0.656. The molecular weight excluding hydrogens is 148 g/mol. The van der Waals surface area contributed by atoms with E-state index in [0.717, 1.165) is 0 Å². The van der Waals surface area contributed by atoms with Gasteiger partial charge in [-0.1, -0.05) is 13.8 Å². The molecule has 2 nitrogen and oxygen atoms in total. The Hall–Kier alpha value is -0.0800. The van der Waals surface area contributed by atoms with Crippen molar-refractivity contribution in [1.82, 2.24) is 4.90 Å². The maximum absolute atomic E-state index is 6.00. The van der Waals surface area contributed by atoms with Gasteiger partial charge < -0.3 is 10.6 Å². The Balaban J connectivity index is 2.00. The Morgan fingerprint density at radius 3 is 2.25 bits per heavy atom. The van der Waals surface area contributed by atoms with Crippen molar-refractivity contribution >= 4 is 0 Å². The van der Waals surface area contributed by atoms with E-state index in [1.165, 1.54) is 45.3 Å². The third-order valence-corrected chi connectivity index (χ3v) is 2.94. The molecule has 2 N–H and O–H groups in total. The monoisotopic (exact) mass is 170 g/mol. The lowest BCUT2D eigenvalue weighted by Crippen LogP contribution is -2.27. The van der Waals surface area contributed by atoms with E-state index in [1.54, 1.807) is 0 Å². The second kappa shape index (κ2) is 4.24. The third kappa shape index (κ3) is 3.11. The molecule has 1 saturated carbocycles. The molecule has 0 unspecified atom stereocenters. The Morgan fingerprint density at radius 2 is 1.83 bits per heavy atom. The summed E-state index contributed by atoms with van der Waals surface area (Å²) in [5, 5.41) is 0. The van der Waals surface area contributed by atoms with Gasteiger partial charge >= 0.3 is 0 Å². The summed E-state index contributed by atoms with van der Waals surface area (Å²) in [6.07, 6.45) is 5.01. The van der Waals surface area contributed by atoms with Crippen LogP contribution < -0.4 is 5.73 Å². The lowest BCUT2D eigenvalue weighted by Gasteiger charge is -2.18. The summed E-state index contributed by atoms with van der Waals surface area (Å²) in [7, 11) is 0. The SMILES string of the molecule is CCN(CC)CCCC1(N)CC1. The van der Waals surface area contributed by atoms with Crippen LogP contribution in [0.25, 0.3) is 0 Å². The molecule has 0 aromatic carbocycles. The van der Waals surface area contributed by atoms with Crippen LogP contribution in [0, 0.1) is 0 Å². The molecule has 0 atom stereocenters. The Kier molecular flexibility index (Phi) is 3.53. The molecule has 1 aliphatic carbocycles. The molecule has 2 heteroatoms. The smallest absolute Gasteiger partial charge is 0.0156 e. The molecule has 1 fully saturated rings. The number of rotatable bonds is 6. The first-order chi connectivity index (χ1) is 5.70. The van der Waals surface area contributed by atoms with E-state index in [9.17, 15) is 0 Å². The summed E-state index contributed by atoms with van der Waals surface area (Å²) < 4.78 is 0. The minimum absolute atomic E-state index is 0.257. The first-order valence-electron chi connectivity index (χ1n) is 5.21. The highest BCUT2D eigenvalue weighted by atomic mass is 15.1. The topological polar surface area (TPSA) is 29.3 Å². The maximum Gasteiger partial charge on any atom is 0.0156 e. The van der Waals surface area contributed by atoms with E-state index >= 15 is 0 Å². The molecule has 0 aromatic heterocycles. The number of nitrogens with two attached hydrogens (primary N) is 1. The van der Waals surface area contributed by atoms with Gasteiger partial charge in [0.2, 0.25) is 0 Å². The van der Waals surface area contributed by atoms with Crippen molar-refractivity contribution in [3.8, 4) is 0 Å². The predicted octanol–water partition coefficient (Wildman–Crippen LogP) is 1.60. The van der Waals surface area contributed by atoms with Crippen molar-refractivity contribution < 1.29 is 0 Å². The molecule has 1 rings (SSSR count). The molecule has 0 aromatic rings. The highest BCUT2D eigenvalue weighted by Crippen LogP contribution is 2.36. The van der Waals surface area contributed by atoms with E-state index in [2.05, 4.69) is 18.7 Å². The largest absolute Gasteiger partial charge is 0.325 e. The highest BCUT2D eigenvalue weighted by Gasteiger charge is 2.36. The molecule has 1 aliphatic rings. The fourth-order valence-electron chi connectivity index (χ4n) is 1.61. The van der Waals surface area contributed by atoms with Crippen molar-refractivity contribution in [3.63, 3.8) is 0 Å². The van der Waals surface area contributed by atoms with E-state index in [-0.39, 0.29) is 5.54 Å². The van der Waals surface area contributed by atoms with Crippen LogP contribution in [-0.4, -0.2) is 30.1 Å². The summed E-state index contributed by atoms with van der Waals surface area (Å²) in [5.74, 6) is 0. The van der Waals surface area contributed by atoms with E-state index in [0.29, 0.717) is 0 Å². The Bertz CT molecular complexity index is 126. The standard InChI is InChI=1S/C10H22N2/c1-3-12(4-2)9-5-6-10(11)7-8-10/h3-9,11H2,1-2H3. The summed E-state index contributed by atoms with van der Waals surface area (Å²) >= 11 is 0. The average molecular weight is 170 g/mol. The molecule has 0 spiro atoms. The molecule has 0 bridgehead atoms. The molecule has 0 saturated heterocycles. The van der Waals surface area contributed by atoms with Crippen LogP contribution in [0.2, 0.25) is 0 Å². The summed E-state index contributed by atoms with van der Waals surface area (Å²) in [6.45, 7) is 8.02. The van der Waals surface area contributed by atoms with E-state index in [1.807, 2.05) is 0 Å². The molecule has 12 heavy (non-hydrogen) atoms. The van der Waals surface area contributed by atoms with Gasteiger partial charge in [-0.15, -0.1) is 0 Å². The number of hydrogen-bond acceptors (Lipinski definition) is 2. The molecule has 0 aliphatic heterocycles. The first-order valence-corrected chi connectivity index (χ1v) is 5.21. The highest BCUT2D eigenvalue weighted by molar-refractivity contribution is 4.98. The first kappa shape index (κ1) is 10.0. The molecule has 0 heterocycles. The lowest BCUT2D eigenvalue weighted by atomic mass is 10.1. The van der Waals surface area contributed by atoms with Gasteiger partial charge in [0.15, 0.2) is 0 Å². The van der Waals surface area contributed by atoms with Crippen LogP contribution in [0.1, 0.15) is 39.5 Å². The van der Waals surface area contributed by atoms with Crippen LogP contribution in [0.15, 0.2) is 0 Å². The maximum atomic E-state index is 6.00. The van der Waals surface area contributed by atoms with Crippen LogP contribution in [0.4, 0.5) is 0 Å². The van der Waals surface area contributed by atoms with Gasteiger partial charge in [0, 0.05) is 5.54 Å². The molecular formula is C10H22N2. The molecule has 0 amide bonds. The second-order valence-electron chi connectivity index (χ2n) is 3.99.